The van der Waals surface area contributed by atoms with Crippen molar-refractivity contribution in [1.82, 2.24) is 4.90 Å². The van der Waals surface area contributed by atoms with E-state index in [0.29, 0.717) is 0 Å². The maximum absolute atomic E-state index is 13.0. The SMILES string of the molecule is Cc1ccccc1NC(=O)C1CCN(Cc2ccc(F)cc2)CC1. The standard InChI is InChI=1S/C20H23FN2O/c1-15-4-2-3-5-19(15)22-20(24)17-10-12-23(13-11-17)14-16-6-8-18(21)9-7-16/h2-9,17H,10-14H2,1H3,(H,22,24). The van der Waals surface area contributed by atoms with Crippen LogP contribution >= 0.6 is 0 Å². The Hall–Kier alpha value is -2.20. The van der Waals surface area contributed by atoms with Crippen molar-refractivity contribution in [2.24, 2.45) is 5.92 Å². The third-order valence-electron chi connectivity index (χ3n) is 4.68. The van der Waals surface area contributed by atoms with Crippen LogP contribution in [-0.2, 0) is 11.3 Å². The number of likely N-dealkylation sites (tertiary alicyclic amines) is 1. The van der Waals surface area contributed by atoms with E-state index in [1.54, 1.807) is 0 Å². The Bertz CT molecular complexity index is 691. The fourth-order valence-electron chi connectivity index (χ4n) is 3.15. The molecule has 1 fully saturated rings. The smallest absolute Gasteiger partial charge is 0.227 e. The molecule has 0 aromatic heterocycles. The van der Waals surface area contributed by atoms with Gasteiger partial charge in [-0.2, -0.15) is 0 Å². The molecule has 2 aromatic carbocycles. The summed E-state index contributed by atoms with van der Waals surface area (Å²) in [5.41, 5.74) is 3.09. The maximum Gasteiger partial charge on any atom is 0.227 e. The van der Waals surface area contributed by atoms with Crippen molar-refractivity contribution in [3.05, 3.63) is 65.5 Å². The summed E-state index contributed by atoms with van der Waals surface area (Å²) >= 11 is 0. The molecular weight excluding hydrogens is 303 g/mol. The second-order valence-electron chi connectivity index (χ2n) is 6.48. The highest BCUT2D eigenvalue weighted by atomic mass is 19.1. The number of hydrogen-bond donors (Lipinski definition) is 1. The number of carbonyl (C=O) groups is 1. The number of hydrogen-bond acceptors (Lipinski definition) is 2. The largest absolute Gasteiger partial charge is 0.326 e. The molecule has 4 heteroatoms. The first-order chi connectivity index (χ1) is 11.6. The summed E-state index contributed by atoms with van der Waals surface area (Å²) in [6, 6.07) is 14.5. The third kappa shape index (κ3) is 4.20. The predicted molar refractivity (Wildman–Crippen MR) is 94.2 cm³/mol. The fourth-order valence-corrected chi connectivity index (χ4v) is 3.15. The molecule has 0 atom stereocenters. The van der Waals surface area contributed by atoms with E-state index in [-0.39, 0.29) is 17.6 Å². The van der Waals surface area contributed by atoms with Crippen LogP contribution in [0, 0.1) is 18.7 Å². The third-order valence-corrected chi connectivity index (χ3v) is 4.68. The second-order valence-corrected chi connectivity index (χ2v) is 6.48. The van der Waals surface area contributed by atoms with Crippen LogP contribution in [0.3, 0.4) is 0 Å². The molecule has 0 aliphatic carbocycles. The van der Waals surface area contributed by atoms with Crippen LogP contribution in [0.2, 0.25) is 0 Å². The minimum absolute atomic E-state index is 0.0640. The molecule has 1 amide bonds. The highest BCUT2D eigenvalue weighted by Gasteiger charge is 2.25. The van der Waals surface area contributed by atoms with Gasteiger partial charge in [-0.1, -0.05) is 30.3 Å². The Balaban J connectivity index is 1.50. The highest BCUT2D eigenvalue weighted by Crippen LogP contribution is 2.22. The molecule has 3 nitrogen and oxygen atoms in total. The summed E-state index contributed by atoms with van der Waals surface area (Å²) in [4.78, 5) is 14.8. The first kappa shape index (κ1) is 16.7. The van der Waals surface area contributed by atoms with Crippen LogP contribution in [0.15, 0.2) is 48.5 Å². The number of carbonyl (C=O) groups excluding carboxylic acids is 1. The minimum atomic E-state index is -0.203. The fraction of sp³-hybridized carbons (Fsp3) is 0.350. The molecule has 126 valence electrons. The molecule has 24 heavy (non-hydrogen) atoms. The van der Waals surface area contributed by atoms with E-state index >= 15 is 0 Å². The molecular formula is C20H23FN2O. The Labute approximate surface area is 142 Å². The van der Waals surface area contributed by atoms with Crippen molar-refractivity contribution in [3.63, 3.8) is 0 Å². The van der Waals surface area contributed by atoms with Gasteiger partial charge >= 0.3 is 0 Å². The van der Waals surface area contributed by atoms with Crippen LogP contribution in [0.25, 0.3) is 0 Å². The average molecular weight is 326 g/mol. The van der Waals surface area contributed by atoms with E-state index in [1.807, 2.05) is 43.3 Å². The summed E-state index contributed by atoms with van der Waals surface area (Å²) in [6.45, 7) is 4.60. The van der Waals surface area contributed by atoms with Gasteiger partial charge in [-0.3, -0.25) is 9.69 Å². The van der Waals surface area contributed by atoms with Gasteiger partial charge in [-0.25, -0.2) is 4.39 Å². The summed E-state index contributed by atoms with van der Waals surface area (Å²) < 4.78 is 13.0. The molecule has 1 aliphatic rings. The Morgan fingerprint density at radius 3 is 2.46 bits per heavy atom. The van der Waals surface area contributed by atoms with E-state index in [2.05, 4.69) is 10.2 Å². The van der Waals surface area contributed by atoms with Crippen molar-refractivity contribution >= 4 is 11.6 Å². The van der Waals surface area contributed by atoms with Crippen molar-refractivity contribution in [2.45, 2.75) is 26.3 Å². The van der Waals surface area contributed by atoms with Crippen molar-refractivity contribution in [2.75, 3.05) is 18.4 Å². The molecule has 1 N–H and O–H groups in total. The van der Waals surface area contributed by atoms with Crippen LogP contribution in [0.5, 0.6) is 0 Å². The minimum Gasteiger partial charge on any atom is -0.326 e. The molecule has 0 saturated carbocycles. The Morgan fingerprint density at radius 1 is 1.12 bits per heavy atom. The quantitative estimate of drug-likeness (QED) is 0.921. The molecule has 0 spiro atoms. The highest BCUT2D eigenvalue weighted by molar-refractivity contribution is 5.93. The van der Waals surface area contributed by atoms with Crippen LogP contribution in [-0.4, -0.2) is 23.9 Å². The topological polar surface area (TPSA) is 32.3 Å². The molecule has 1 aliphatic heterocycles. The van der Waals surface area contributed by atoms with Crippen LogP contribution in [0.4, 0.5) is 10.1 Å². The lowest BCUT2D eigenvalue weighted by atomic mass is 9.95. The van der Waals surface area contributed by atoms with Gasteiger partial charge in [0.25, 0.3) is 0 Å². The van der Waals surface area contributed by atoms with Gasteiger partial charge in [0.05, 0.1) is 0 Å². The number of amides is 1. The lowest BCUT2D eigenvalue weighted by Crippen LogP contribution is -2.37. The summed E-state index contributed by atoms with van der Waals surface area (Å²) in [6.07, 6.45) is 1.72. The van der Waals surface area contributed by atoms with Gasteiger partial charge in [0.15, 0.2) is 0 Å². The maximum atomic E-state index is 13.0. The number of piperidine rings is 1. The molecule has 1 heterocycles. The van der Waals surface area contributed by atoms with E-state index in [4.69, 9.17) is 0 Å². The zero-order valence-corrected chi connectivity index (χ0v) is 14.0. The summed E-state index contributed by atoms with van der Waals surface area (Å²) in [5, 5.41) is 3.05. The molecule has 1 saturated heterocycles. The van der Waals surface area contributed by atoms with Crippen molar-refractivity contribution in [1.29, 1.82) is 0 Å². The lowest BCUT2D eigenvalue weighted by molar-refractivity contribution is -0.121. The van der Waals surface area contributed by atoms with Crippen molar-refractivity contribution < 1.29 is 9.18 Å². The number of benzene rings is 2. The number of nitrogens with zero attached hydrogens (tertiary/aromatic N) is 1. The molecule has 0 unspecified atom stereocenters. The van der Waals surface area contributed by atoms with E-state index in [0.717, 1.165) is 49.3 Å². The predicted octanol–water partition coefficient (Wildman–Crippen LogP) is 3.98. The van der Waals surface area contributed by atoms with Crippen LogP contribution < -0.4 is 5.32 Å². The summed E-state index contributed by atoms with van der Waals surface area (Å²) in [5.74, 6) is -0.0230. The summed E-state index contributed by atoms with van der Waals surface area (Å²) in [7, 11) is 0. The number of nitrogens with one attached hydrogen (secondary N) is 1. The van der Waals surface area contributed by atoms with Gasteiger partial charge in [0, 0.05) is 18.2 Å². The van der Waals surface area contributed by atoms with Gasteiger partial charge in [0.1, 0.15) is 5.82 Å². The molecule has 0 bridgehead atoms. The number of halogens is 1. The first-order valence-corrected chi connectivity index (χ1v) is 8.45. The molecule has 0 radical (unpaired) electrons. The van der Waals surface area contributed by atoms with E-state index < -0.39 is 0 Å². The normalized spacial score (nSPS) is 16.1. The number of aryl methyl sites for hydroxylation is 1. The van der Waals surface area contributed by atoms with Crippen molar-refractivity contribution in [3.8, 4) is 0 Å². The molecule has 3 rings (SSSR count). The van der Waals surface area contributed by atoms with Gasteiger partial charge in [-0.05, 0) is 62.2 Å². The van der Waals surface area contributed by atoms with Gasteiger partial charge in [0.2, 0.25) is 5.91 Å². The zero-order chi connectivity index (χ0) is 16.9. The lowest BCUT2D eigenvalue weighted by Gasteiger charge is -2.31. The monoisotopic (exact) mass is 326 g/mol. The van der Waals surface area contributed by atoms with E-state index in [9.17, 15) is 9.18 Å². The zero-order valence-electron chi connectivity index (χ0n) is 14.0. The number of rotatable bonds is 4. The van der Waals surface area contributed by atoms with Crippen LogP contribution in [0.1, 0.15) is 24.0 Å². The Kier molecular flexibility index (Phi) is 5.26. The molecule has 2 aromatic rings. The number of anilines is 1. The van der Waals surface area contributed by atoms with Gasteiger partial charge < -0.3 is 5.32 Å². The Morgan fingerprint density at radius 2 is 1.79 bits per heavy atom. The number of para-hydroxylation sites is 1. The van der Waals surface area contributed by atoms with Gasteiger partial charge in [-0.15, -0.1) is 0 Å². The van der Waals surface area contributed by atoms with E-state index in [1.165, 1.54) is 12.1 Å². The first-order valence-electron chi connectivity index (χ1n) is 8.45. The average Bonchev–Trinajstić information content (AvgIpc) is 2.59. The second kappa shape index (κ2) is 7.58.